The summed E-state index contributed by atoms with van der Waals surface area (Å²) in [5.41, 5.74) is 1.12. The number of carbonyl (C=O) groups is 1. The largest absolute Gasteiger partial charge is 0.394 e. The van der Waals surface area contributed by atoms with Gasteiger partial charge >= 0.3 is 0 Å². The minimum Gasteiger partial charge on any atom is -0.394 e. The number of thiophene rings is 1. The molecule has 2 N–H and O–H groups in total. The topological polar surface area (TPSA) is 49.3 Å². The third-order valence-corrected chi connectivity index (χ3v) is 4.25. The Morgan fingerprint density at radius 3 is 2.67 bits per heavy atom. The van der Waals surface area contributed by atoms with Gasteiger partial charge in [-0.05, 0) is 36.3 Å². The molecule has 21 heavy (non-hydrogen) atoms. The van der Waals surface area contributed by atoms with Gasteiger partial charge in [0.1, 0.15) is 0 Å². The summed E-state index contributed by atoms with van der Waals surface area (Å²) < 4.78 is 0. The Bertz CT molecular complexity index is 525. The average molecular weight is 303 g/mol. The van der Waals surface area contributed by atoms with Crippen molar-refractivity contribution in [2.75, 3.05) is 6.61 Å². The van der Waals surface area contributed by atoms with Crippen LogP contribution in [0.15, 0.2) is 47.8 Å². The first-order chi connectivity index (χ1) is 10.3. The number of amides is 1. The molecule has 0 aliphatic rings. The third-order valence-electron chi connectivity index (χ3n) is 3.32. The standard InChI is InChI=1S/C17H21NO2S/c19-13-15(12-14-6-2-1-3-7-14)18-17(20)10-4-8-16-9-5-11-21-16/h1-3,5-7,9,11,15,19H,4,8,10,12-13H2,(H,18,20)/t15-/m0/s1. The molecular formula is C17H21NO2S. The molecule has 0 saturated carbocycles. The SMILES string of the molecule is O=C(CCCc1cccs1)N[C@H](CO)Cc1ccccc1. The number of aryl methyl sites for hydroxylation is 1. The Kier molecular flexibility index (Phi) is 6.44. The lowest BCUT2D eigenvalue weighted by Crippen LogP contribution is -2.39. The molecule has 4 heteroatoms. The lowest BCUT2D eigenvalue weighted by atomic mass is 10.1. The monoisotopic (exact) mass is 303 g/mol. The highest BCUT2D eigenvalue weighted by molar-refractivity contribution is 7.09. The number of hydrogen-bond donors (Lipinski definition) is 2. The highest BCUT2D eigenvalue weighted by Gasteiger charge is 2.11. The molecule has 0 aliphatic heterocycles. The predicted molar refractivity (Wildman–Crippen MR) is 86.4 cm³/mol. The van der Waals surface area contributed by atoms with Crippen LogP contribution in [0.1, 0.15) is 23.3 Å². The predicted octanol–water partition coefficient (Wildman–Crippen LogP) is 2.79. The third kappa shape index (κ3) is 5.69. The summed E-state index contributed by atoms with van der Waals surface area (Å²) in [5, 5.41) is 14.4. The van der Waals surface area contributed by atoms with Gasteiger partial charge in [0.15, 0.2) is 0 Å². The molecule has 0 bridgehead atoms. The summed E-state index contributed by atoms with van der Waals surface area (Å²) in [7, 11) is 0. The van der Waals surface area contributed by atoms with Crippen molar-refractivity contribution < 1.29 is 9.90 Å². The molecule has 0 spiro atoms. The highest BCUT2D eigenvalue weighted by Crippen LogP contribution is 2.12. The van der Waals surface area contributed by atoms with Crippen molar-refractivity contribution in [1.29, 1.82) is 0 Å². The van der Waals surface area contributed by atoms with Crippen LogP contribution < -0.4 is 5.32 Å². The molecule has 3 nitrogen and oxygen atoms in total. The summed E-state index contributed by atoms with van der Waals surface area (Å²) in [6, 6.07) is 13.8. The zero-order valence-electron chi connectivity index (χ0n) is 12.0. The smallest absolute Gasteiger partial charge is 0.220 e. The number of hydrogen-bond acceptors (Lipinski definition) is 3. The molecule has 0 aliphatic carbocycles. The maximum absolute atomic E-state index is 11.9. The lowest BCUT2D eigenvalue weighted by Gasteiger charge is -2.16. The fourth-order valence-corrected chi connectivity index (χ4v) is 2.99. The quantitative estimate of drug-likeness (QED) is 0.788. The number of carbonyl (C=O) groups excluding carboxylic acids is 1. The molecule has 0 unspecified atom stereocenters. The zero-order valence-corrected chi connectivity index (χ0v) is 12.8. The first-order valence-electron chi connectivity index (χ1n) is 7.24. The Morgan fingerprint density at radius 2 is 2.00 bits per heavy atom. The molecular weight excluding hydrogens is 282 g/mol. The molecule has 2 rings (SSSR count). The Balaban J connectivity index is 1.72. The van der Waals surface area contributed by atoms with Gasteiger partial charge in [0.25, 0.3) is 0 Å². The summed E-state index contributed by atoms with van der Waals surface area (Å²) in [6.07, 6.45) is 2.95. The van der Waals surface area contributed by atoms with Crippen LogP contribution >= 0.6 is 11.3 Å². The van der Waals surface area contributed by atoms with E-state index in [9.17, 15) is 9.90 Å². The normalized spacial score (nSPS) is 12.0. The molecule has 1 aromatic carbocycles. The first kappa shape index (κ1) is 15.7. The van der Waals surface area contributed by atoms with E-state index in [4.69, 9.17) is 0 Å². The van der Waals surface area contributed by atoms with Crippen LogP contribution in [-0.4, -0.2) is 23.7 Å². The first-order valence-corrected chi connectivity index (χ1v) is 8.12. The van der Waals surface area contributed by atoms with E-state index in [1.807, 2.05) is 36.4 Å². The zero-order chi connectivity index (χ0) is 14.9. The number of benzene rings is 1. The second kappa shape index (κ2) is 8.60. The molecule has 0 radical (unpaired) electrons. The minimum absolute atomic E-state index is 0.0153. The summed E-state index contributed by atoms with van der Waals surface area (Å²) >= 11 is 1.72. The Morgan fingerprint density at radius 1 is 1.19 bits per heavy atom. The van der Waals surface area contributed by atoms with Gasteiger partial charge in [0.05, 0.1) is 12.6 Å². The van der Waals surface area contributed by atoms with E-state index >= 15 is 0 Å². The summed E-state index contributed by atoms with van der Waals surface area (Å²) in [5.74, 6) is 0.0153. The van der Waals surface area contributed by atoms with Crippen LogP contribution in [0.5, 0.6) is 0 Å². The second-order valence-corrected chi connectivity index (χ2v) is 6.10. The van der Waals surface area contributed by atoms with Gasteiger partial charge in [-0.2, -0.15) is 0 Å². The highest BCUT2D eigenvalue weighted by atomic mass is 32.1. The van der Waals surface area contributed by atoms with Crippen molar-refractivity contribution in [3.05, 3.63) is 58.3 Å². The van der Waals surface area contributed by atoms with Gasteiger partial charge in [0.2, 0.25) is 5.91 Å². The second-order valence-electron chi connectivity index (χ2n) is 5.07. The van der Waals surface area contributed by atoms with Crippen molar-refractivity contribution in [3.8, 4) is 0 Å². The van der Waals surface area contributed by atoms with Crippen molar-refractivity contribution in [2.24, 2.45) is 0 Å². The number of aliphatic hydroxyl groups excluding tert-OH is 1. The van der Waals surface area contributed by atoms with Crippen LogP contribution in [-0.2, 0) is 17.6 Å². The van der Waals surface area contributed by atoms with Crippen LogP contribution in [0.2, 0.25) is 0 Å². The fraction of sp³-hybridized carbons (Fsp3) is 0.353. The molecule has 1 heterocycles. The Hall–Kier alpha value is -1.65. The molecule has 112 valence electrons. The van der Waals surface area contributed by atoms with E-state index < -0.39 is 0 Å². The van der Waals surface area contributed by atoms with Gasteiger partial charge in [-0.25, -0.2) is 0 Å². The molecule has 1 amide bonds. The lowest BCUT2D eigenvalue weighted by molar-refractivity contribution is -0.122. The van der Waals surface area contributed by atoms with Crippen molar-refractivity contribution in [3.63, 3.8) is 0 Å². The maximum Gasteiger partial charge on any atom is 0.220 e. The van der Waals surface area contributed by atoms with E-state index in [-0.39, 0.29) is 18.6 Å². The fourth-order valence-electron chi connectivity index (χ4n) is 2.24. The van der Waals surface area contributed by atoms with E-state index in [1.54, 1.807) is 11.3 Å². The van der Waals surface area contributed by atoms with Crippen LogP contribution in [0.25, 0.3) is 0 Å². The van der Waals surface area contributed by atoms with Gasteiger partial charge in [0, 0.05) is 11.3 Å². The van der Waals surface area contributed by atoms with Crippen LogP contribution in [0.4, 0.5) is 0 Å². The Labute approximate surface area is 129 Å². The van der Waals surface area contributed by atoms with Crippen LogP contribution in [0, 0.1) is 0 Å². The number of nitrogens with one attached hydrogen (secondary N) is 1. The number of aliphatic hydroxyl groups is 1. The van der Waals surface area contributed by atoms with E-state index in [0.29, 0.717) is 12.8 Å². The molecule has 1 atom stereocenters. The van der Waals surface area contributed by atoms with E-state index in [0.717, 1.165) is 18.4 Å². The maximum atomic E-state index is 11.9. The van der Waals surface area contributed by atoms with Crippen LogP contribution in [0.3, 0.4) is 0 Å². The van der Waals surface area contributed by atoms with Crippen molar-refractivity contribution >= 4 is 17.2 Å². The van der Waals surface area contributed by atoms with Gasteiger partial charge < -0.3 is 10.4 Å². The van der Waals surface area contributed by atoms with E-state index in [1.165, 1.54) is 4.88 Å². The van der Waals surface area contributed by atoms with Crippen molar-refractivity contribution in [1.82, 2.24) is 5.32 Å². The average Bonchev–Trinajstić information content (AvgIpc) is 3.01. The summed E-state index contributed by atoms with van der Waals surface area (Å²) in [4.78, 5) is 13.2. The molecule has 0 saturated heterocycles. The molecule has 1 aromatic heterocycles. The minimum atomic E-state index is -0.207. The molecule has 0 fully saturated rings. The molecule has 2 aromatic rings. The van der Waals surface area contributed by atoms with Gasteiger partial charge in [-0.15, -0.1) is 11.3 Å². The van der Waals surface area contributed by atoms with E-state index in [2.05, 4.69) is 16.8 Å². The van der Waals surface area contributed by atoms with Gasteiger partial charge in [-0.3, -0.25) is 4.79 Å². The van der Waals surface area contributed by atoms with Gasteiger partial charge in [-0.1, -0.05) is 36.4 Å². The summed E-state index contributed by atoms with van der Waals surface area (Å²) in [6.45, 7) is -0.0362. The van der Waals surface area contributed by atoms with Crippen molar-refractivity contribution in [2.45, 2.75) is 31.7 Å². The number of rotatable bonds is 8.